The van der Waals surface area contributed by atoms with Gasteiger partial charge in [0.2, 0.25) is 0 Å². The lowest BCUT2D eigenvalue weighted by molar-refractivity contribution is 0.596. The standard InChI is InChI=1S/C12H12FN3O2S/c1-8-6-14-7-15-12(8)16-11-4-3-9(5-10(11)13)19(2,17)18/h3-7H,1-2H3,(H,14,15,16). The molecule has 2 aromatic rings. The normalized spacial score (nSPS) is 11.3. The lowest BCUT2D eigenvalue weighted by Crippen LogP contribution is -2.02. The van der Waals surface area contributed by atoms with Gasteiger partial charge in [0.05, 0.1) is 10.6 Å². The Balaban J connectivity index is 2.36. The number of hydrogen-bond donors (Lipinski definition) is 1. The van der Waals surface area contributed by atoms with Crippen molar-refractivity contribution in [3.63, 3.8) is 0 Å². The highest BCUT2D eigenvalue weighted by atomic mass is 32.2. The van der Waals surface area contributed by atoms with Crippen molar-refractivity contribution in [1.82, 2.24) is 9.97 Å². The van der Waals surface area contributed by atoms with E-state index < -0.39 is 15.7 Å². The van der Waals surface area contributed by atoms with Crippen molar-refractivity contribution >= 4 is 21.3 Å². The molecule has 0 aliphatic heterocycles. The first-order valence-electron chi connectivity index (χ1n) is 5.41. The monoisotopic (exact) mass is 281 g/mol. The number of nitrogens with one attached hydrogen (secondary N) is 1. The van der Waals surface area contributed by atoms with Crippen LogP contribution in [0.4, 0.5) is 15.9 Å². The highest BCUT2D eigenvalue weighted by Gasteiger charge is 2.11. The molecule has 0 saturated carbocycles. The molecule has 0 bridgehead atoms. The zero-order valence-corrected chi connectivity index (χ0v) is 11.2. The Bertz CT molecular complexity index is 717. The van der Waals surface area contributed by atoms with E-state index >= 15 is 0 Å². The third-order valence-electron chi connectivity index (χ3n) is 2.52. The number of halogens is 1. The number of aromatic nitrogens is 2. The predicted octanol–water partition coefficient (Wildman–Crippen LogP) is 2.07. The van der Waals surface area contributed by atoms with Crippen LogP contribution in [0.5, 0.6) is 0 Å². The second-order valence-corrected chi connectivity index (χ2v) is 6.11. The van der Waals surface area contributed by atoms with Crippen molar-refractivity contribution in [2.24, 2.45) is 0 Å². The van der Waals surface area contributed by atoms with Gasteiger partial charge in [-0.15, -0.1) is 0 Å². The molecule has 0 spiro atoms. The summed E-state index contributed by atoms with van der Waals surface area (Å²) in [5, 5.41) is 2.80. The van der Waals surface area contributed by atoms with E-state index in [9.17, 15) is 12.8 Å². The van der Waals surface area contributed by atoms with Crippen LogP contribution in [-0.2, 0) is 9.84 Å². The van der Waals surface area contributed by atoms with Crippen LogP contribution < -0.4 is 5.32 Å². The Morgan fingerprint density at radius 1 is 1.32 bits per heavy atom. The molecule has 0 amide bonds. The van der Waals surface area contributed by atoms with Crippen molar-refractivity contribution in [2.45, 2.75) is 11.8 Å². The molecule has 7 heteroatoms. The van der Waals surface area contributed by atoms with E-state index in [1.165, 1.54) is 18.5 Å². The average Bonchev–Trinajstić information content (AvgIpc) is 2.33. The van der Waals surface area contributed by atoms with E-state index in [2.05, 4.69) is 15.3 Å². The summed E-state index contributed by atoms with van der Waals surface area (Å²) >= 11 is 0. The van der Waals surface area contributed by atoms with Crippen LogP contribution in [-0.4, -0.2) is 24.6 Å². The summed E-state index contributed by atoms with van der Waals surface area (Å²) in [5.41, 5.74) is 0.920. The van der Waals surface area contributed by atoms with Gasteiger partial charge in [0.25, 0.3) is 0 Å². The maximum absolute atomic E-state index is 13.8. The number of rotatable bonds is 3. The van der Waals surface area contributed by atoms with Gasteiger partial charge in [-0.1, -0.05) is 0 Å². The van der Waals surface area contributed by atoms with Crippen LogP contribution in [0.3, 0.4) is 0 Å². The number of nitrogens with zero attached hydrogens (tertiary/aromatic N) is 2. The van der Waals surface area contributed by atoms with Crippen molar-refractivity contribution < 1.29 is 12.8 Å². The van der Waals surface area contributed by atoms with Gasteiger partial charge in [-0.25, -0.2) is 22.8 Å². The van der Waals surface area contributed by atoms with Gasteiger partial charge in [-0.3, -0.25) is 0 Å². The molecular formula is C12H12FN3O2S. The van der Waals surface area contributed by atoms with E-state index in [1.807, 2.05) is 0 Å². The summed E-state index contributed by atoms with van der Waals surface area (Å²) in [6, 6.07) is 3.69. The summed E-state index contributed by atoms with van der Waals surface area (Å²) in [6.45, 7) is 1.78. The van der Waals surface area contributed by atoms with E-state index in [0.29, 0.717) is 5.82 Å². The van der Waals surface area contributed by atoms with E-state index in [4.69, 9.17) is 0 Å². The smallest absolute Gasteiger partial charge is 0.175 e. The second-order valence-electron chi connectivity index (χ2n) is 4.09. The van der Waals surface area contributed by atoms with Gasteiger partial charge >= 0.3 is 0 Å². The molecule has 2 rings (SSSR count). The van der Waals surface area contributed by atoms with Crippen molar-refractivity contribution in [1.29, 1.82) is 0 Å². The van der Waals surface area contributed by atoms with Crippen LogP contribution in [0.2, 0.25) is 0 Å². The molecule has 0 aliphatic carbocycles. The van der Waals surface area contributed by atoms with Gasteiger partial charge in [-0.2, -0.15) is 0 Å². The van der Waals surface area contributed by atoms with Gasteiger partial charge in [0.15, 0.2) is 9.84 Å². The number of aryl methyl sites for hydroxylation is 1. The molecule has 100 valence electrons. The predicted molar refractivity (Wildman–Crippen MR) is 69.6 cm³/mol. The Hall–Kier alpha value is -2.02. The third-order valence-corrected chi connectivity index (χ3v) is 3.63. The third kappa shape index (κ3) is 3.05. The first kappa shape index (κ1) is 13.4. The summed E-state index contributed by atoms with van der Waals surface area (Å²) in [5.74, 6) is -0.179. The molecule has 1 aromatic heterocycles. The fraction of sp³-hybridized carbons (Fsp3) is 0.167. The molecule has 0 radical (unpaired) electrons. The SMILES string of the molecule is Cc1cncnc1Nc1ccc(S(C)(=O)=O)cc1F. The second kappa shape index (κ2) is 4.93. The van der Waals surface area contributed by atoms with E-state index in [0.717, 1.165) is 17.9 Å². The van der Waals surface area contributed by atoms with Crippen LogP contribution in [0.15, 0.2) is 35.6 Å². The van der Waals surface area contributed by atoms with Crippen molar-refractivity contribution in [3.8, 4) is 0 Å². The highest BCUT2D eigenvalue weighted by molar-refractivity contribution is 7.90. The Morgan fingerprint density at radius 2 is 2.05 bits per heavy atom. The van der Waals surface area contributed by atoms with Crippen LogP contribution in [0.25, 0.3) is 0 Å². The fourth-order valence-corrected chi connectivity index (χ4v) is 2.12. The van der Waals surface area contributed by atoms with Gasteiger partial charge in [0, 0.05) is 18.0 Å². The topological polar surface area (TPSA) is 72.0 Å². The maximum Gasteiger partial charge on any atom is 0.175 e. The lowest BCUT2D eigenvalue weighted by atomic mass is 10.3. The summed E-state index contributed by atoms with van der Waals surface area (Å²) in [6.07, 6.45) is 3.97. The minimum absolute atomic E-state index is 0.0602. The molecule has 0 atom stereocenters. The average molecular weight is 281 g/mol. The maximum atomic E-state index is 13.8. The minimum Gasteiger partial charge on any atom is -0.338 e. The molecule has 1 N–H and O–H groups in total. The van der Waals surface area contributed by atoms with Gasteiger partial charge in [-0.05, 0) is 25.1 Å². The molecule has 5 nitrogen and oxygen atoms in total. The van der Waals surface area contributed by atoms with Gasteiger partial charge in [0.1, 0.15) is 18.0 Å². The zero-order chi connectivity index (χ0) is 14.0. The summed E-state index contributed by atoms with van der Waals surface area (Å²) < 4.78 is 36.4. The van der Waals surface area contributed by atoms with Gasteiger partial charge < -0.3 is 5.32 Å². The largest absolute Gasteiger partial charge is 0.338 e. The quantitative estimate of drug-likeness (QED) is 0.932. The summed E-state index contributed by atoms with van der Waals surface area (Å²) in [7, 11) is -3.42. The molecule has 0 saturated heterocycles. The molecule has 1 heterocycles. The van der Waals surface area contributed by atoms with Crippen molar-refractivity contribution in [3.05, 3.63) is 42.1 Å². The Morgan fingerprint density at radius 3 is 2.63 bits per heavy atom. The number of hydrogen-bond acceptors (Lipinski definition) is 5. The van der Waals surface area contributed by atoms with E-state index in [1.54, 1.807) is 13.1 Å². The Labute approximate surface area is 110 Å². The lowest BCUT2D eigenvalue weighted by Gasteiger charge is -2.09. The minimum atomic E-state index is -3.42. The molecular weight excluding hydrogens is 269 g/mol. The van der Waals surface area contributed by atoms with Crippen LogP contribution in [0.1, 0.15) is 5.56 Å². The van der Waals surface area contributed by atoms with Crippen LogP contribution >= 0.6 is 0 Å². The number of benzene rings is 1. The molecule has 0 aliphatic rings. The van der Waals surface area contributed by atoms with Crippen molar-refractivity contribution in [2.75, 3.05) is 11.6 Å². The first-order chi connectivity index (χ1) is 8.88. The number of sulfone groups is 1. The first-order valence-corrected chi connectivity index (χ1v) is 7.30. The number of anilines is 2. The van der Waals surface area contributed by atoms with Crippen LogP contribution in [0, 0.1) is 12.7 Å². The Kier molecular flexibility index (Phi) is 3.48. The summed E-state index contributed by atoms with van der Waals surface area (Å²) in [4.78, 5) is 7.75. The molecule has 0 fully saturated rings. The molecule has 19 heavy (non-hydrogen) atoms. The molecule has 1 aromatic carbocycles. The zero-order valence-electron chi connectivity index (χ0n) is 10.4. The fourth-order valence-electron chi connectivity index (χ4n) is 1.49. The van der Waals surface area contributed by atoms with E-state index in [-0.39, 0.29) is 10.6 Å². The highest BCUT2D eigenvalue weighted by Crippen LogP contribution is 2.22. The molecule has 0 unspecified atom stereocenters.